The standard InChI is InChI=1S/C16H21N3/c1-11-4-5-12(2)13(8-11)9-16(3)15-14(6-7-19-16)17-10-18-15/h4-5,8,10,19H,6-7,9H2,1-3H3,(H,17,18). The zero-order chi connectivity index (χ0) is 13.5. The Morgan fingerprint density at radius 3 is 3.00 bits per heavy atom. The maximum Gasteiger partial charge on any atom is 0.0926 e. The quantitative estimate of drug-likeness (QED) is 0.866. The molecule has 1 aromatic heterocycles. The van der Waals surface area contributed by atoms with Crippen LogP contribution in [0, 0.1) is 13.8 Å². The Morgan fingerprint density at radius 1 is 1.32 bits per heavy atom. The maximum atomic E-state index is 4.54. The molecule has 0 bridgehead atoms. The number of benzene rings is 1. The largest absolute Gasteiger partial charge is 0.348 e. The summed E-state index contributed by atoms with van der Waals surface area (Å²) in [6, 6.07) is 6.68. The number of aromatic nitrogens is 2. The summed E-state index contributed by atoms with van der Waals surface area (Å²) in [5, 5.41) is 3.65. The molecule has 19 heavy (non-hydrogen) atoms. The van der Waals surface area contributed by atoms with Gasteiger partial charge in [-0.3, -0.25) is 0 Å². The van der Waals surface area contributed by atoms with E-state index in [9.17, 15) is 0 Å². The summed E-state index contributed by atoms with van der Waals surface area (Å²) in [6.45, 7) is 7.61. The van der Waals surface area contributed by atoms with Gasteiger partial charge in [0.1, 0.15) is 0 Å². The molecule has 1 aliphatic rings. The van der Waals surface area contributed by atoms with E-state index in [1.165, 1.54) is 28.1 Å². The van der Waals surface area contributed by atoms with Crippen LogP contribution in [0.25, 0.3) is 0 Å². The lowest BCUT2D eigenvalue weighted by molar-refractivity contribution is 0.334. The molecular formula is C16H21N3. The van der Waals surface area contributed by atoms with Crippen molar-refractivity contribution in [1.29, 1.82) is 0 Å². The van der Waals surface area contributed by atoms with Gasteiger partial charge in [0, 0.05) is 18.7 Å². The molecule has 0 saturated carbocycles. The van der Waals surface area contributed by atoms with Crippen molar-refractivity contribution in [2.75, 3.05) is 6.54 Å². The first-order valence-corrected chi connectivity index (χ1v) is 6.92. The molecule has 1 aliphatic heterocycles. The molecule has 0 aliphatic carbocycles. The Balaban J connectivity index is 1.97. The Kier molecular flexibility index (Phi) is 2.94. The molecule has 2 aromatic rings. The van der Waals surface area contributed by atoms with E-state index in [0.717, 1.165) is 19.4 Å². The van der Waals surface area contributed by atoms with Crippen molar-refractivity contribution in [3.05, 3.63) is 52.6 Å². The number of hydrogen-bond donors (Lipinski definition) is 2. The maximum absolute atomic E-state index is 4.54. The van der Waals surface area contributed by atoms with E-state index in [1.54, 1.807) is 0 Å². The van der Waals surface area contributed by atoms with Crippen molar-refractivity contribution in [2.45, 2.75) is 39.2 Å². The lowest BCUT2D eigenvalue weighted by Gasteiger charge is -2.34. The molecule has 0 amide bonds. The van der Waals surface area contributed by atoms with Crippen molar-refractivity contribution in [2.24, 2.45) is 0 Å². The fraction of sp³-hybridized carbons (Fsp3) is 0.438. The molecule has 1 unspecified atom stereocenters. The number of H-pyrrole nitrogens is 1. The van der Waals surface area contributed by atoms with Crippen LogP contribution in [0.2, 0.25) is 0 Å². The zero-order valence-corrected chi connectivity index (χ0v) is 11.9. The first kappa shape index (κ1) is 12.4. The number of fused-ring (bicyclic) bond motifs is 1. The van der Waals surface area contributed by atoms with Gasteiger partial charge >= 0.3 is 0 Å². The van der Waals surface area contributed by atoms with Gasteiger partial charge in [-0.15, -0.1) is 0 Å². The number of nitrogens with zero attached hydrogens (tertiary/aromatic N) is 1. The van der Waals surface area contributed by atoms with Crippen molar-refractivity contribution >= 4 is 0 Å². The predicted octanol–water partition coefficient (Wildman–Crippen LogP) is 2.63. The predicted molar refractivity (Wildman–Crippen MR) is 77.3 cm³/mol. The van der Waals surface area contributed by atoms with Crippen LogP contribution in [0.5, 0.6) is 0 Å². The molecule has 3 heteroatoms. The van der Waals surface area contributed by atoms with Crippen LogP contribution in [0.4, 0.5) is 0 Å². The molecular weight excluding hydrogens is 234 g/mol. The Morgan fingerprint density at radius 2 is 2.16 bits per heavy atom. The summed E-state index contributed by atoms with van der Waals surface area (Å²) in [4.78, 5) is 7.81. The summed E-state index contributed by atoms with van der Waals surface area (Å²) >= 11 is 0. The SMILES string of the molecule is Cc1ccc(C)c(CC2(C)NCCc3[nH]cnc32)c1. The first-order chi connectivity index (χ1) is 9.08. The molecule has 0 fully saturated rings. The Hall–Kier alpha value is -1.61. The van der Waals surface area contributed by atoms with Gasteiger partial charge in [-0.05, 0) is 38.3 Å². The smallest absolute Gasteiger partial charge is 0.0926 e. The molecule has 0 radical (unpaired) electrons. The molecule has 100 valence electrons. The van der Waals surface area contributed by atoms with Crippen molar-refractivity contribution in [1.82, 2.24) is 15.3 Å². The lowest BCUT2D eigenvalue weighted by atomic mass is 9.84. The van der Waals surface area contributed by atoms with Crippen molar-refractivity contribution in [3.63, 3.8) is 0 Å². The van der Waals surface area contributed by atoms with E-state index in [2.05, 4.69) is 54.3 Å². The second kappa shape index (κ2) is 4.49. The average Bonchev–Trinajstić information content (AvgIpc) is 2.84. The first-order valence-electron chi connectivity index (χ1n) is 6.92. The highest BCUT2D eigenvalue weighted by Crippen LogP contribution is 2.30. The third-order valence-corrected chi connectivity index (χ3v) is 4.18. The van der Waals surface area contributed by atoms with Gasteiger partial charge in [0.25, 0.3) is 0 Å². The van der Waals surface area contributed by atoms with Crippen LogP contribution in [0.15, 0.2) is 24.5 Å². The minimum absolute atomic E-state index is 0.0634. The molecule has 2 heterocycles. The molecule has 1 aromatic carbocycles. The summed E-state index contributed by atoms with van der Waals surface area (Å²) in [6.07, 6.45) is 3.84. The van der Waals surface area contributed by atoms with Gasteiger partial charge < -0.3 is 10.3 Å². The van der Waals surface area contributed by atoms with Crippen LogP contribution in [-0.2, 0) is 18.4 Å². The summed E-state index contributed by atoms with van der Waals surface area (Å²) < 4.78 is 0. The van der Waals surface area contributed by atoms with Gasteiger partial charge in [-0.2, -0.15) is 0 Å². The summed E-state index contributed by atoms with van der Waals surface area (Å²) in [5.74, 6) is 0. The van der Waals surface area contributed by atoms with Gasteiger partial charge in [0.15, 0.2) is 0 Å². The topological polar surface area (TPSA) is 40.7 Å². The van der Waals surface area contributed by atoms with E-state index < -0.39 is 0 Å². The van der Waals surface area contributed by atoms with Gasteiger partial charge in [0.05, 0.1) is 17.6 Å². The van der Waals surface area contributed by atoms with Crippen LogP contribution in [0.3, 0.4) is 0 Å². The minimum Gasteiger partial charge on any atom is -0.348 e. The highest BCUT2D eigenvalue weighted by molar-refractivity contribution is 5.35. The van der Waals surface area contributed by atoms with Gasteiger partial charge in [0.2, 0.25) is 0 Å². The van der Waals surface area contributed by atoms with Crippen LogP contribution >= 0.6 is 0 Å². The highest BCUT2D eigenvalue weighted by atomic mass is 15.1. The fourth-order valence-corrected chi connectivity index (χ4v) is 3.05. The van der Waals surface area contributed by atoms with Crippen LogP contribution < -0.4 is 5.32 Å². The number of aromatic amines is 1. The van der Waals surface area contributed by atoms with Crippen LogP contribution in [0.1, 0.15) is 35.0 Å². The normalized spacial score (nSPS) is 22.3. The molecule has 0 saturated heterocycles. The lowest BCUT2D eigenvalue weighted by Crippen LogP contribution is -2.47. The third kappa shape index (κ3) is 2.19. The molecule has 2 N–H and O–H groups in total. The van der Waals surface area contributed by atoms with E-state index in [0.29, 0.717) is 0 Å². The average molecular weight is 255 g/mol. The molecule has 3 rings (SSSR count). The monoisotopic (exact) mass is 255 g/mol. The highest BCUT2D eigenvalue weighted by Gasteiger charge is 2.34. The summed E-state index contributed by atoms with van der Waals surface area (Å²) in [5.41, 5.74) is 6.49. The van der Waals surface area contributed by atoms with Gasteiger partial charge in [-0.1, -0.05) is 23.8 Å². The summed E-state index contributed by atoms with van der Waals surface area (Å²) in [7, 11) is 0. The van der Waals surface area contributed by atoms with E-state index in [4.69, 9.17) is 0 Å². The third-order valence-electron chi connectivity index (χ3n) is 4.18. The molecule has 3 nitrogen and oxygen atoms in total. The van der Waals surface area contributed by atoms with Crippen LogP contribution in [-0.4, -0.2) is 16.5 Å². The fourth-order valence-electron chi connectivity index (χ4n) is 3.05. The second-order valence-corrected chi connectivity index (χ2v) is 5.85. The number of imidazole rings is 1. The number of nitrogens with one attached hydrogen (secondary N) is 2. The molecule has 0 spiro atoms. The number of hydrogen-bond acceptors (Lipinski definition) is 2. The minimum atomic E-state index is -0.0634. The van der Waals surface area contributed by atoms with E-state index >= 15 is 0 Å². The Labute approximate surface area is 114 Å². The number of rotatable bonds is 2. The Bertz CT molecular complexity index is 600. The second-order valence-electron chi connectivity index (χ2n) is 5.85. The van der Waals surface area contributed by atoms with E-state index in [-0.39, 0.29) is 5.54 Å². The van der Waals surface area contributed by atoms with Crippen molar-refractivity contribution < 1.29 is 0 Å². The zero-order valence-electron chi connectivity index (χ0n) is 11.9. The number of aryl methyl sites for hydroxylation is 2. The van der Waals surface area contributed by atoms with E-state index in [1.807, 2.05) is 6.33 Å². The molecule has 1 atom stereocenters. The van der Waals surface area contributed by atoms with Gasteiger partial charge in [-0.25, -0.2) is 4.98 Å². The van der Waals surface area contributed by atoms with Crippen molar-refractivity contribution in [3.8, 4) is 0 Å².